The van der Waals surface area contributed by atoms with E-state index in [2.05, 4.69) is 58.1 Å². The SMILES string of the molecule is Cc1cc(Br)c(NC(=O)c2cc(Br)cnc2N)c(Br)c1. The standard InChI is InChI=1S/C13H10Br3N3O/c1-6-2-9(15)11(10(16)3-6)19-13(20)8-4-7(14)5-18-12(8)17/h2-5H,1H3,(H2,17,18)(H,19,20). The van der Waals surface area contributed by atoms with Crippen LogP contribution in [0.2, 0.25) is 0 Å². The first-order chi connectivity index (χ1) is 9.38. The zero-order valence-corrected chi connectivity index (χ0v) is 15.1. The molecule has 20 heavy (non-hydrogen) atoms. The number of amides is 1. The van der Waals surface area contributed by atoms with Gasteiger partial charge in [0.1, 0.15) is 5.82 Å². The Kier molecular flexibility index (Phi) is 4.82. The van der Waals surface area contributed by atoms with Gasteiger partial charge in [-0.2, -0.15) is 0 Å². The molecule has 0 saturated heterocycles. The predicted octanol–water partition coefficient (Wildman–Crippen LogP) is 4.51. The first kappa shape index (κ1) is 15.5. The van der Waals surface area contributed by atoms with E-state index in [-0.39, 0.29) is 11.7 Å². The van der Waals surface area contributed by atoms with Crippen molar-refractivity contribution in [2.45, 2.75) is 6.92 Å². The maximum absolute atomic E-state index is 12.3. The van der Waals surface area contributed by atoms with Crippen LogP contribution in [-0.2, 0) is 0 Å². The third-order valence-corrected chi connectivity index (χ3v) is 4.24. The molecule has 3 N–H and O–H groups in total. The second-order valence-electron chi connectivity index (χ2n) is 4.14. The number of carbonyl (C=O) groups is 1. The number of hydrogen-bond donors (Lipinski definition) is 2. The van der Waals surface area contributed by atoms with Crippen LogP contribution in [0.1, 0.15) is 15.9 Å². The van der Waals surface area contributed by atoms with Crippen LogP contribution in [0.5, 0.6) is 0 Å². The Labute approximate surface area is 141 Å². The average molecular weight is 464 g/mol. The van der Waals surface area contributed by atoms with E-state index in [9.17, 15) is 4.79 Å². The third-order valence-electron chi connectivity index (χ3n) is 2.55. The van der Waals surface area contributed by atoms with Crippen LogP contribution < -0.4 is 11.1 Å². The maximum Gasteiger partial charge on any atom is 0.259 e. The first-order valence-electron chi connectivity index (χ1n) is 5.56. The number of halogens is 3. The predicted molar refractivity (Wildman–Crippen MR) is 90.9 cm³/mol. The summed E-state index contributed by atoms with van der Waals surface area (Å²) in [5, 5.41) is 2.82. The number of anilines is 2. The smallest absolute Gasteiger partial charge is 0.259 e. The lowest BCUT2D eigenvalue weighted by Gasteiger charge is -2.11. The first-order valence-corrected chi connectivity index (χ1v) is 7.94. The van der Waals surface area contributed by atoms with E-state index in [0.29, 0.717) is 15.7 Å². The van der Waals surface area contributed by atoms with Crippen LogP contribution in [0.3, 0.4) is 0 Å². The van der Waals surface area contributed by atoms with Crippen molar-refractivity contribution in [2.75, 3.05) is 11.1 Å². The van der Waals surface area contributed by atoms with E-state index in [0.717, 1.165) is 14.5 Å². The Morgan fingerprint density at radius 3 is 2.40 bits per heavy atom. The van der Waals surface area contributed by atoms with Crippen LogP contribution in [0.25, 0.3) is 0 Å². The van der Waals surface area contributed by atoms with Crippen molar-refractivity contribution in [1.82, 2.24) is 4.98 Å². The van der Waals surface area contributed by atoms with E-state index in [1.165, 1.54) is 0 Å². The topological polar surface area (TPSA) is 68.0 Å². The maximum atomic E-state index is 12.3. The van der Waals surface area contributed by atoms with Gasteiger partial charge in [0.25, 0.3) is 5.91 Å². The third kappa shape index (κ3) is 3.39. The molecule has 0 radical (unpaired) electrons. The van der Waals surface area contributed by atoms with Gasteiger partial charge >= 0.3 is 0 Å². The monoisotopic (exact) mass is 461 g/mol. The molecule has 0 aliphatic rings. The van der Waals surface area contributed by atoms with Crippen molar-refractivity contribution in [3.63, 3.8) is 0 Å². The minimum absolute atomic E-state index is 0.185. The van der Waals surface area contributed by atoms with Crippen LogP contribution in [-0.4, -0.2) is 10.9 Å². The summed E-state index contributed by atoms with van der Waals surface area (Å²) in [6.45, 7) is 1.97. The largest absolute Gasteiger partial charge is 0.383 e. The molecule has 4 nitrogen and oxygen atoms in total. The number of nitrogens with zero attached hydrogens (tertiary/aromatic N) is 1. The van der Waals surface area contributed by atoms with Gasteiger partial charge in [-0.1, -0.05) is 0 Å². The molecule has 0 aliphatic heterocycles. The summed E-state index contributed by atoms with van der Waals surface area (Å²) in [5.74, 6) is -0.133. The molecule has 0 saturated carbocycles. The lowest BCUT2D eigenvalue weighted by Crippen LogP contribution is -2.15. The Balaban J connectivity index is 2.35. The molecule has 0 unspecified atom stereocenters. The lowest BCUT2D eigenvalue weighted by molar-refractivity contribution is 0.102. The van der Waals surface area contributed by atoms with Crippen molar-refractivity contribution < 1.29 is 4.79 Å². The molecular formula is C13H10Br3N3O. The number of carbonyl (C=O) groups excluding carboxylic acids is 1. The minimum atomic E-state index is -0.318. The summed E-state index contributed by atoms with van der Waals surface area (Å²) < 4.78 is 2.28. The Morgan fingerprint density at radius 1 is 1.20 bits per heavy atom. The molecule has 0 atom stereocenters. The second kappa shape index (κ2) is 6.24. The fraction of sp³-hybridized carbons (Fsp3) is 0.0769. The van der Waals surface area contributed by atoms with Gasteiger partial charge in [0.15, 0.2) is 0 Å². The zero-order chi connectivity index (χ0) is 14.9. The highest BCUT2D eigenvalue weighted by Gasteiger charge is 2.15. The molecule has 1 amide bonds. The number of aromatic nitrogens is 1. The van der Waals surface area contributed by atoms with Crippen molar-refractivity contribution >= 4 is 65.2 Å². The summed E-state index contributed by atoms with van der Waals surface area (Å²) in [6.07, 6.45) is 1.55. The number of nitrogens with two attached hydrogens (primary N) is 1. The Bertz CT molecular complexity index is 666. The fourth-order valence-electron chi connectivity index (χ4n) is 1.63. The summed E-state index contributed by atoms with van der Waals surface area (Å²) in [5.41, 5.74) is 7.77. The highest BCUT2D eigenvalue weighted by atomic mass is 79.9. The number of pyridine rings is 1. The van der Waals surface area contributed by atoms with Crippen LogP contribution in [0.4, 0.5) is 11.5 Å². The van der Waals surface area contributed by atoms with Gasteiger partial charge in [0.05, 0.1) is 11.3 Å². The summed E-state index contributed by atoms with van der Waals surface area (Å²) >= 11 is 10.1. The van der Waals surface area contributed by atoms with E-state index < -0.39 is 0 Å². The van der Waals surface area contributed by atoms with Crippen molar-refractivity contribution in [1.29, 1.82) is 0 Å². The van der Waals surface area contributed by atoms with Gasteiger partial charge in [-0.3, -0.25) is 4.79 Å². The second-order valence-corrected chi connectivity index (χ2v) is 6.77. The Morgan fingerprint density at radius 2 is 1.80 bits per heavy atom. The van der Waals surface area contributed by atoms with Gasteiger partial charge in [-0.05, 0) is 78.5 Å². The number of nitrogens with one attached hydrogen (secondary N) is 1. The van der Waals surface area contributed by atoms with E-state index in [1.54, 1.807) is 12.3 Å². The number of hydrogen-bond acceptors (Lipinski definition) is 3. The number of benzene rings is 1. The molecule has 7 heteroatoms. The minimum Gasteiger partial charge on any atom is -0.383 e. The molecule has 1 heterocycles. The number of rotatable bonds is 2. The van der Waals surface area contributed by atoms with Crippen LogP contribution >= 0.6 is 47.8 Å². The van der Waals surface area contributed by atoms with E-state index in [1.807, 2.05) is 19.1 Å². The normalized spacial score (nSPS) is 10.4. The molecule has 104 valence electrons. The number of aryl methyl sites for hydroxylation is 1. The summed E-state index contributed by atoms with van der Waals surface area (Å²) in [6, 6.07) is 5.47. The van der Waals surface area contributed by atoms with Gasteiger partial charge < -0.3 is 11.1 Å². The molecule has 1 aromatic heterocycles. The van der Waals surface area contributed by atoms with Gasteiger partial charge in [-0.25, -0.2) is 4.98 Å². The average Bonchev–Trinajstić information content (AvgIpc) is 2.36. The molecule has 0 spiro atoms. The summed E-state index contributed by atoms with van der Waals surface area (Å²) in [7, 11) is 0. The zero-order valence-electron chi connectivity index (χ0n) is 10.4. The van der Waals surface area contributed by atoms with Crippen molar-refractivity contribution in [2.24, 2.45) is 0 Å². The Hall–Kier alpha value is -0.920. The van der Waals surface area contributed by atoms with Crippen molar-refractivity contribution in [3.05, 3.63) is 48.9 Å². The number of nitrogen functional groups attached to an aromatic ring is 1. The molecule has 0 fully saturated rings. The van der Waals surface area contributed by atoms with E-state index in [4.69, 9.17) is 5.73 Å². The van der Waals surface area contributed by atoms with Gasteiger partial charge in [0, 0.05) is 19.6 Å². The van der Waals surface area contributed by atoms with Crippen LogP contribution in [0.15, 0.2) is 37.8 Å². The molecule has 0 aliphatic carbocycles. The molecule has 2 aromatic rings. The quantitative estimate of drug-likeness (QED) is 0.688. The van der Waals surface area contributed by atoms with Gasteiger partial charge in [-0.15, -0.1) is 0 Å². The van der Waals surface area contributed by atoms with Gasteiger partial charge in [0.2, 0.25) is 0 Å². The summed E-state index contributed by atoms with van der Waals surface area (Å²) in [4.78, 5) is 16.2. The van der Waals surface area contributed by atoms with E-state index >= 15 is 0 Å². The highest BCUT2D eigenvalue weighted by Crippen LogP contribution is 2.33. The van der Waals surface area contributed by atoms with Crippen molar-refractivity contribution in [3.8, 4) is 0 Å². The molecule has 2 rings (SSSR count). The van der Waals surface area contributed by atoms with Crippen LogP contribution in [0, 0.1) is 6.92 Å². The fourth-order valence-corrected chi connectivity index (χ4v) is 3.58. The highest BCUT2D eigenvalue weighted by molar-refractivity contribution is 9.11. The molecule has 1 aromatic carbocycles. The molecule has 0 bridgehead atoms. The lowest BCUT2D eigenvalue weighted by atomic mass is 10.2. The molecular weight excluding hydrogens is 454 g/mol.